The summed E-state index contributed by atoms with van der Waals surface area (Å²) < 4.78 is 16.5. The summed E-state index contributed by atoms with van der Waals surface area (Å²) in [7, 11) is 2.89. The second-order valence-corrected chi connectivity index (χ2v) is 10.1. The normalized spacial score (nSPS) is 17.1. The molecule has 202 valence electrons. The number of nitriles is 1. The first-order valence-corrected chi connectivity index (χ1v) is 13.0. The Labute approximate surface area is 223 Å². The average molecular weight is 522 g/mol. The van der Waals surface area contributed by atoms with Crippen molar-refractivity contribution in [2.24, 2.45) is 0 Å². The van der Waals surface area contributed by atoms with Gasteiger partial charge in [-0.15, -0.1) is 0 Å². The summed E-state index contributed by atoms with van der Waals surface area (Å²) in [6.07, 6.45) is 4.61. The van der Waals surface area contributed by atoms with E-state index in [2.05, 4.69) is 11.4 Å². The van der Waals surface area contributed by atoms with Crippen LogP contribution in [0, 0.1) is 18.3 Å². The number of likely N-dealkylation sites (tertiary alicyclic amines) is 1. The minimum Gasteiger partial charge on any atom is -0.497 e. The van der Waals surface area contributed by atoms with E-state index in [0.29, 0.717) is 23.6 Å². The van der Waals surface area contributed by atoms with Crippen LogP contribution in [0.15, 0.2) is 30.3 Å². The Bertz CT molecular complexity index is 1220. The second-order valence-electron chi connectivity index (χ2n) is 10.1. The molecular weight excluding hydrogens is 486 g/mol. The van der Waals surface area contributed by atoms with Gasteiger partial charge in [-0.05, 0) is 85.2 Å². The molecule has 1 heterocycles. The predicted octanol–water partition coefficient (Wildman–Crippen LogP) is 5.10. The Morgan fingerprint density at radius 1 is 1.13 bits per heavy atom. The second kappa shape index (κ2) is 11.7. The topological polar surface area (TPSA) is 121 Å². The molecule has 2 N–H and O–H groups in total. The number of hydrogen-bond acceptors (Lipinski definition) is 7. The lowest BCUT2D eigenvalue weighted by Gasteiger charge is -2.39. The molecule has 1 saturated carbocycles. The van der Waals surface area contributed by atoms with E-state index in [0.717, 1.165) is 47.9 Å². The van der Waals surface area contributed by atoms with Gasteiger partial charge < -0.3 is 29.5 Å². The van der Waals surface area contributed by atoms with Crippen LogP contribution in [0.3, 0.4) is 0 Å². The van der Waals surface area contributed by atoms with Gasteiger partial charge in [-0.3, -0.25) is 0 Å². The van der Waals surface area contributed by atoms with Gasteiger partial charge in [0, 0.05) is 18.8 Å². The quantitative estimate of drug-likeness (QED) is 0.492. The third-order valence-corrected chi connectivity index (χ3v) is 7.60. The summed E-state index contributed by atoms with van der Waals surface area (Å²) in [6, 6.07) is 11.5. The van der Waals surface area contributed by atoms with Gasteiger partial charge >= 0.3 is 12.1 Å². The predicted molar refractivity (Wildman–Crippen MR) is 142 cm³/mol. The first kappa shape index (κ1) is 27.3. The summed E-state index contributed by atoms with van der Waals surface area (Å²) in [6.45, 7) is 2.90. The van der Waals surface area contributed by atoms with Crippen molar-refractivity contribution >= 4 is 17.7 Å². The summed E-state index contributed by atoms with van der Waals surface area (Å²) in [5, 5.41) is 23.1. The third-order valence-electron chi connectivity index (χ3n) is 7.60. The maximum atomic E-state index is 12.5. The number of aryl methyl sites for hydroxylation is 1. The van der Waals surface area contributed by atoms with Crippen LogP contribution in [0.2, 0.25) is 0 Å². The molecule has 2 fully saturated rings. The average Bonchev–Trinajstić information content (AvgIpc) is 3.45. The van der Waals surface area contributed by atoms with Crippen LogP contribution in [0.5, 0.6) is 5.75 Å². The number of benzene rings is 2. The summed E-state index contributed by atoms with van der Waals surface area (Å²) in [4.78, 5) is 25.9. The van der Waals surface area contributed by atoms with Gasteiger partial charge in [-0.2, -0.15) is 5.26 Å². The zero-order valence-electron chi connectivity index (χ0n) is 22.2. The summed E-state index contributed by atoms with van der Waals surface area (Å²) in [5.74, 6) is -0.371. The van der Waals surface area contributed by atoms with Crippen LogP contribution in [0.4, 0.5) is 10.5 Å². The van der Waals surface area contributed by atoms with Crippen LogP contribution in [-0.2, 0) is 20.9 Å². The van der Waals surface area contributed by atoms with E-state index in [1.807, 2.05) is 31.2 Å². The highest BCUT2D eigenvalue weighted by molar-refractivity contribution is 5.84. The van der Waals surface area contributed by atoms with Gasteiger partial charge in [-0.25, -0.2) is 9.59 Å². The Morgan fingerprint density at radius 3 is 2.45 bits per heavy atom. The lowest BCUT2D eigenvalue weighted by molar-refractivity contribution is -0.144. The molecule has 0 atom stereocenters. The number of carboxylic acid groups (broad SMARTS) is 1. The SMILES string of the molecule is COC(=O)N1CCC(Nc2cc(C)c(-c3cc(C#N)cc(OC)c3)c(COC3CCCC3)c2)(C(=O)O)CC1. The number of aliphatic carboxylic acids is 1. The van der Waals surface area contributed by atoms with E-state index in [4.69, 9.17) is 14.2 Å². The van der Waals surface area contributed by atoms with Gasteiger partial charge in [0.25, 0.3) is 0 Å². The highest BCUT2D eigenvalue weighted by atomic mass is 16.5. The lowest BCUT2D eigenvalue weighted by atomic mass is 9.86. The van der Waals surface area contributed by atoms with Crippen LogP contribution in [-0.4, -0.2) is 61.0 Å². The first-order chi connectivity index (χ1) is 18.3. The molecule has 0 spiro atoms. The molecule has 9 heteroatoms. The van der Waals surface area contributed by atoms with Crippen molar-refractivity contribution in [3.05, 3.63) is 47.0 Å². The number of ether oxygens (including phenoxy) is 3. The number of carboxylic acids is 1. The number of rotatable bonds is 8. The van der Waals surface area contributed by atoms with Crippen molar-refractivity contribution in [3.8, 4) is 22.9 Å². The fraction of sp³-hybridized carbons (Fsp3) is 0.483. The van der Waals surface area contributed by atoms with E-state index in [9.17, 15) is 20.0 Å². The number of amides is 1. The monoisotopic (exact) mass is 521 g/mol. The van der Waals surface area contributed by atoms with Crippen LogP contribution in [0.1, 0.15) is 55.2 Å². The van der Waals surface area contributed by atoms with Crippen molar-refractivity contribution < 1.29 is 28.9 Å². The first-order valence-electron chi connectivity index (χ1n) is 13.0. The summed E-state index contributed by atoms with van der Waals surface area (Å²) >= 11 is 0. The van der Waals surface area contributed by atoms with E-state index < -0.39 is 17.6 Å². The fourth-order valence-electron chi connectivity index (χ4n) is 5.52. The smallest absolute Gasteiger partial charge is 0.409 e. The van der Waals surface area contributed by atoms with Crippen molar-refractivity contribution in [2.45, 2.75) is 63.7 Å². The Balaban J connectivity index is 1.70. The maximum absolute atomic E-state index is 12.5. The van der Waals surface area contributed by atoms with Gasteiger partial charge in [0.1, 0.15) is 11.3 Å². The molecule has 38 heavy (non-hydrogen) atoms. The van der Waals surface area contributed by atoms with Gasteiger partial charge in [0.05, 0.1) is 38.6 Å². The van der Waals surface area contributed by atoms with E-state index >= 15 is 0 Å². The Kier molecular flexibility index (Phi) is 8.42. The van der Waals surface area contributed by atoms with Crippen molar-refractivity contribution in [2.75, 3.05) is 32.6 Å². The molecule has 2 aromatic rings. The van der Waals surface area contributed by atoms with E-state index in [-0.39, 0.29) is 32.0 Å². The zero-order chi connectivity index (χ0) is 27.3. The highest BCUT2D eigenvalue weighted by Gasteiger charge is 2.43. The third kappa shape index (κ3) is 5.86. The molecular formula is C29H35N3O6. The molecule has 0 aromatic heterocycles. The maximum Gasteiger partial charge on any atom is 0.409 e. The number of hydrogen-bond donors (Lipinski definition) is 2. The number of piperidine rings is 1. The molecule has 0 radical (unpaired) electrons. The van der Waals surface area contributed by atoms with Crippen LogP contribution < -0.4 is 10.1 Å². The number of anilines is 1. The van der Waals surface area contributed by atoms with E-state index in [1.165, 1.54) is 12.0 Å². The molecule has 2 aromatic carbocycles. The van der Waals surface area contributed by atoms with Crippen molar-refractivity contribution in [1.82, 2.24) is 4.90 Å². The molecule has 1 aliphatic heterocycles. The van der Waals surface area contributed by atoms with Gasteiger partial charge in [0.15, 0.2) is 0 Å². The summed E-state index contributed by atoms with van der Waals surface area (Å²) in [5.41, 5.74) is 3.56. The van der Waals surface area contributed by atoms with Crippen LogP contribution >= 0.6 is 0 Å². The molecule has 0 unspecified atom stereocenters. The number of nitrogens with one attached hydrogen (secondary N) is 1. The Hall–Kier alpha value is -3.77. The molecule has 0 bridgehead atoms. The largest absolute Gasteiger partial charge is 0.497 e. The number of carbonyl (C=O) groups is 2. The van der Waals surface area contributed by atoms with Crippen molar-refractivity contribution in [3.63, 3.8) is 0 Å². The lowest BCUT2D eigenvalue weighted by Crippen LogP contribution is -2.55. The highest BCUT2D eigenvalue weighted by Crippen LogP contribution is 2.37. The van der Waals surface area contributed by atoms with Crippen LogP contribution in [0.25, 0.3) is 11.1 Å². The van der Waals surface area contributed by atoms with Crippen molar-refractivity contribution in [1.29, 1.82) is 5.26 Å². The minimum atomic E-state index is -1.22. The number of methoxy groups -OCH3 is 2. The fourth-order valence-corrected chi connectivity index (χ4v) is 5.52. The number of carbonyl (C=O) groups excluding carboxylic acids is 1. The molecule has 1 aliphatic carbocycles. The molecule has 9 nitrogen and oxygen atoms in total. The molecule has 2 aliphatic rings. The van der Waals surface area contributed by atoms with E-state index in [1.54, 1.807) is 13.2 Å². The Morgan fingerprint density at radius 2 is 1.84 bits per heavy atom. The van der Waals surface area contributed by atoms with Gasteiger partial charge in [0.2, 0.25) is 0 Å². The molecule has 4 rings (SSSR count). The molecule has 1 amide bonds. The molecule has 1 saturated heterocycles. The number of nitrogens with zero attached hydrogens (tertiary/aromatic N) is 2. The van der Waals surface area contributed by atoms with Gasteiger partial charge in [-0.1, -0.05) is 12.8 Å². The zero-order valence-corrected chi connectivity index (χ0v) is 22.2. The standard InChI is InChI=1S/C29H35N3O6/c1-19-12-23(31-29(27(33)34)8-10-32(11-9-29)28(35)37-3)15-22(18-38-24-6-4-5-7-24)26(19)21-13-20(17-30)14-25(16-21)36-2/h12-16,24,31H,4-11,18H2,1-3H3,(H,33,34). The minimum absolute atomic E-state index is 0.202.